The van der Waals surface area contributed by atoms with E-state index in [0.29, 0.717) is 5.92 Å². The van der Waals surface area contributed by atoms with Gasteiger partial charge < -0.3 is 0 Å². The summed E-state index contributed by atoms with van der Waals surface area (Å²) in [5.41, 5.74) is 3.51. The molecule has 0 heteroatoms. The summed E-state index contributed by atoms with van der Waals surface area (Å²) >= 11 is 0. The maximum absolute atomic E-state index is 3.96. The molecule has 0 atom stereocenters. The summed E-state index contributed by atoms with van der Waals surface area (Å²) in [5, 5.41) is 0. The molecule has 0 aliphatic carbocycles. The van der Waals surface area contributed by atoms with Crippen LogP contribution in [-0.2, 0) is 0 Å². The van der Waals surface area contributed by atoms with Crippen molar-refractivity contribution in [2.75, 3.05) is 0 Å². The molecule has 0 radical (unpaired) electrons. The van der Waals surface area contributed by atoms with Crippen molar-refractivity contribution < 1.29 is 0 Å². The second kappa shape index (κ2) is 4.17. The highest BCUT2D eigenvalue weighted by Crippen LogP contribution is 2.14. The van der Waals surface area contributed by atoms with Crippen molar-refractivity contribution in [1.82, 2.24) is 0 Å². The fourth-order valence-corrected chi connectivity index (χ4v) is 0.568. The number of hydrogen-bond acceptors (Lipinski definition) is 0. The van der Waals surface area contributed by atoms with Gasteiger partial charge in [-0.15, -0.1) is 0 Å². The second-order valence-electron chi connectivity index (χ2n) is 3.34. The molecule has 0 heterocycles. The van der Waals surface area contributed by atoms with E-state index in [4.69, 9.17) is 0 Å². The van der Waals surface area contributed by atoms with Crippen LogP contribution in [0.2, 0.25) is 0 Å². The van der Waals surface area contributed by atoms with Crippen LogP contribution in [0.15, 0.2) is 36.0 Å². The smallest absolute Gasteiger partial charge is 0.0225 e. The van der Waals surface area contributed by atoms with Crippen LogP contribution in [0, 0.1) is 5.92 Å². The van der Waals surface area contributed by atoms with Crippen LogP contribution in [0.1, 0.15) is 27.7 Å². The Morgan fingerprint density at radius 1 is 1.18 bits per heavy atom. The highest BCUT2D eigenvalue weighted by molar-refractivity contribution is 5.32. The third-order valence-electron chi connectivity index (χ3n) is 1.82. The molecule has 0 unspecified atom stereocenters. The van der Waals surface area contributed by atoms with Crippen LogP contribution in [0.4, 0.5) is 0 Å². The van der Waals surface area contributed by atoms with Gasteiger partial charge in [-0.25, -0.2) is 0 Å². The lowest BCUT2D eigenvalue weighted by molar-refractivity contribution is 0.793. The van der Waals surface area contributed by atoms with E-state index in [1.165, 1.54) is 11.1 Å². The van der Waals surface area contributed by atoms with Crippen LogP contribution >= 0.6 is 0 Å². The number of allylic oxidation sites excluding steroid dienone is 4. The largest absolute Gasteiger partial charge is 0.0958 e. The molecule has 0 fully saturated rings. The lowest BCUT2D eigenvalue weighted by Gasteiger charge is -2.05. The topological polar surface area (TPSA) is 0 Å². The molecule has 0 aliphatic heterocycles. The summed E-state index contributed by atoms with van der Waals surface area (Å²) in [4.78, 5) is 0. The maximum Gasteiger partial charge on any atom is -0.0225 e. The Morgan fingerprint density at radius 2 is 1.64 bits per heavy atom. The summed E-state index contributed by atoms with van der Waals surface area (Å²) in [6, 6.07) is 0. The van der Waals surface area contributed by atoms with Gasteiger partial charge in [0.25, 0.3) is 0 Å². The first-order valence-corrected chi connectivity index (χ1v) is 3.98. The Bertz CT molecular complexity index is 192. The van der Waals surface area contributed by atoms with Crippen molar-refractivity contribution in [2.24, 2.45) is 5.92 Å². The van der Waals surface area contributed by atoms with Gasteiger partial charge >= 0.3 is 0 Å². The van der Waals surface area contributed by atoms with Gasteiger partial charge in [0.2, 0.25) is 0 Å². The molecular weight excluding hydrogens is 132 g/mol. The molecule has 0 aromatic rings. The molecule has 0 saturated carbocycles. The molecule has 0 rings (SSSR count). The fraction of sp³-hybridized carbons (Fsp3) is 0.455. The highest BCUT2D eigenvalue weighted by atomic mass is 14.0. The zero-order chi connectivity index (χ0) is 9.02. The zero-order valence-electron chi connectivity index (χ0n) is 8.07. The van der Waals surface area contributed by atoms with Gasteiger partial charge in [-0.3, -0.25) is 0 Å². The Balaban J connectivity index is 4.32. The molecule has 0 aromatic carbocycles. The zero-order valence-corrected chi connectivity index (χ0v) is 8.07. The molecule has 0 amide bonds. The Labute approximate surface area is 70.3 Å². The minimum absolute atomic E-state index is 0.532. The summed E-state index contributed by atoms with van der Waals surface area (Å²) < 4.78 is 0. The van der Waals surface area contributed by atoms with Gasteiger partial charge in [0, 0.05) is 0 Å². The average molecular weight is 150 g/mol. The third-order valence-corrected chi connectivity index (χ3v) is 1.82. The Hall–Kier alpha value is -0.780. The SMILES string of the molecule is C=C(C)/C(C)=C/C(=C)C(C)C. The first-order valence-electron chi connectivity index (χ1n) is 3.98. The molecule has 0 spiro atoms. The predicted molar refractivity (Wildman–Crippen MR) is 52.5 cm³/mol. The van der Waals surface area contributed by atoms with E-state index >= 15 is 0 Å². The van der Waals surface area contributed by atoms with Crippen LogP contribution in [0.25, 0.3) is 0 Å². The predicted octanol–water partition coefficient (Wildman–Crippen LogP) is 3.72. The normalized spacial score (nSPS) is 11.9. The molecule has 0 saturated heterocycles. The van der Waals surface area contributed by atoms with Crippen LogP contribution in [-0.4, -0.2) is 0 Å². The molecule has 0 N–H and O–H groups in total. The van der Waals surface area contributed by atoms with Gasteiger partial charge in [-0.05, 0) is 25.3 Å². The molecule has 0 aliphatic rings. The first-order chi connectivity index (χ1) is 4.95. The highest BCUT2D eigenvalue weighted by Gasteiger charge is 1.96. The molecule has 0 nitrogen and oxygen atoms in total. The van der Waals surface area contributed by atoms with E-state index in [9.17, 15) is 0 Å². The standard InChI is InChI=1S/C11H18/c1-8(2)10(5)7-11(6)9(3)4/h7,9H,1,6H2,2-5H3/b10-7+. The van der Waals surface area contributed by atoms with Crippen LogP contribution < -0.4 is 0 Å². The lowest BCUT2D eigenvalue weighted by Crippen LogP contribution is -1.89. The molecular formula is C11H18. The summed E-state index contributed by atoms with van der Waals surface area (Å²) in [7, 11) is 0. The van der Waals surface area contributed by atoms with Crippen molar-refractivity contribution in [2.45, 2.75) is 27.7 Å². The first kappa shape index (κ1) is 10.2. The van der Waals surface area contributed by atoms with Crippen molar-refractivity contribution in [3.63, 3.8) is 0 Å². The number of rotatable bonds is 3. The lowest BCUT2D eigenvalue weighted by atomic mass is 10.0. The number of hydrogen-bond donors (Lipinski definition) is 0. The minimum atomic E-state index is 0.532. The minimum Gasteiger partial charge on any atom is -0.0958 e. The monoisotopic (exact) mass is 150 g/mol. The van der Waals surface area contributed by atoms with E-state index in [2.05, 4.69) is 40.0 Å². The van der Waals surface area contributed by atoms with Gasteiger partial charge in [-0.1, -0.05) is 44.2 Å². The van der Waals surface area contributed by atoms with E-state index in [-0.39, 0.29) is 0 Å². The summed E-state index contributed by atoms with van der Waals surface area (Å²) in [6.07, 6.45) is 2.10. The Morgan fingerprint density at radius 3 is 1.91 bits per heavy atom. The molecule has 0 aromatic heterocycles. The van der Waals surface area contributed by atoms with Gasteiger partial charge in [0.15, 0.2) is 0 Å². The van der Waals surface area contributed by atoms with Crippen LogP contribution in [0.3, 0.4) is 0 Å². The third kappa shape index (κ3) is 3.82. The van der Waals surface area contributed by atoms with Gasteiger partial charge in [-0.2, -0.15) is 0 Å². The summed E-state index contributed by atoms with van der Waals surface area (Å²) in [6.45, 7) is 16.2. The van der Waals surface area contributed by atoms with Crippen molar-refractivity contribution in [3.8, 4) is 0 Å². The molecule has 11 heavy (non-hydrogen) atoms. The Kier molecular flexibility index (Phi) is 3.88. The quantitative estimate of drug-likeness (QED) is 0.538. The summed E-state index contributed by atoms with van der Waals surface area (Å²) in [5.74, 6) is 0.532. The van der Waals surface area contributed by atoms with E-state index in [1.54, 1.807) is 0 Å². The maximum atomic E-state index is 3.96. The van der Waals surface area contributed by atoms with Crippen molar-refractivity contribution in [3.05, 3.63) is 36.0 Å². The second-order valence-corrected chi connectivity index (χ2v) is 3.34. The van der Waals surface area contributed by atoms with Crippen molar-refractivity contribution in [1.29, 1.82) is 0 Å². The molecule has 62 valence electrons. The molecule has 0 bridgehead atoms. The van der Waals surface area contributed by atoms with E-state index in [0.717, 1.165) is 5.57 Å². The van der Waals surface area contributed by atoms with Gasteiger partial charge in [0.05, 0.1) is 0 Å². The van der Waals surface area contributed by atoms with Crippen LogP contribution in [0.5, 0.6) is 0 Å². The van der Waals surface area contributed by atoms with E-state index < -0.39 is 0 Å². The van der Waals surface area contributed by atoms with Gasteiger partial charge in [0.1, 0.15) is 0 Å². The average Bonchev–Trinajstić information content (AvgIpc) is 1.87. The van der Waals surface area contributed by atoms with Crippen molar-refractivity contribution >= 4 is 0 Å². The fourth-order valence-electron chi connectivity index (χ4n) is 0.568. The van der Waals surface area contributed by atoms with E-state index in [1.807, 2.05) is 6.92 Å².